The quantitative estimate of drug-likeness (QED) is 0.143. The predicted octanol–water partition coefficient (Wildman–Crippen LogP) is 7.76. The molecular formula is C35H37F3N6O5S. The highest BCUT2D eigenvalue weighted by atomic mass is 32.1. The number of alkyl halides is 3. The molecule has 0 bridgehead atoms. The fourth-order valence-electron chi connectivity index (χ4n) is 5.73. The second kappa shape index (κ2) is 15.3. The summed E-state index contributed by atoms with van der Waals surface area (Å²) in [4.78, 5) is 35.4. The zero-order chi connectivity index (χ0) is 36.2. The van der Waals surface area contributed by atoms with Crippen molar-refractivity contribution in [2.75, 3.05) is 35.9 Å². The summed E-state index contributed by atoms with van der Waals surface area (Å²) in [5.41, 5.74) is 7.66. The number of anilines is 3. The molecule has 15 heteroatoms. The molecule has 2 aromatic heterocycles. The molecule has 0 fully saturated rings. The Kier molecular flexibility index (Phi) is 11.1. The minimum absolute atomic E-state index is 0.0989. The van der Waals surface area contributed by atoms with Crippen LogP contribution in [-0.2, 0) is 22.5 Å². The van der Waals surface area contributed by atoms with Crippen LogP contribution in [0.4, 0.5) is 34.5 Å². The molecule has 1 atom stereocenters. The van der Waals surface area contributed by atoms with E-state index in [1.165, 1.54) is 30.5 Å². The molecule has 0 radical (unpaired) electrons. The third kappa shape index (κ3) is 8.07. The Morgan fingerprint density at radius 1 is 1.02 bits per heavy atom. The van der Waals surface area contributed by atoms with Crippen molar-refractivity contribution in [2.45, 2.75) is 46.5 Å². The van der Waals surface area contributed by atoms with E-state index in [9.17, 15) is 22.8 Å². The minimum atomic E-state index is -4.74. The van der Waals surface area contributed by atoms with Crippen LogP contribution in [-0.4, -0.2) is 49.3 Å². The van der Waals surface area contributed by atoms with Gasteiger partial charge in [-0.25, -0.2) is 15.2 Å². The highest BCUT2D eigenvalue weighted by molar-refractivity contribution is 7.20. The number of thiophene rings is 1. The first-order valence-corrected chi connectivity index (χ1v) is 16.4. The molecule has 11 nitrogen and oxygen atoms in total. The number of ether oxygens (including phenoxy) is 2. The van der Waals surface area contributed by atoms with Gasteiger partial charge >= 0.3 is 12.4 Å². The Hall–Kier alpha value is -4.99. The van der Waals surface area contributed by atoms with Gasteiger partial charge in [-0.15, -0.1) is 34.7 Å². The van der Waals surface area contributed by atoms with Crippen molar-refractivity contribution in [3.8, 4) is 16.3 Å². The van der Waals surface area contributed by atoms with Crippen LogP contribution in [0.5, 0.6) is 5.88 Å². The van der Waals surface area contributed by atoms with Gasteiger partial charge in [0.1, 0.15) is 10.8 Å². The summed E-state index contributed by atoms with van der Waals surface area (Å²) in [5.74, 6) is 0.163. The van der Waals surface area contributed by atoms with E-state index in [1.54, 1.807) is 24.3 Å². The molecule has 264 valence electrons. The summed E-state index contributed by atoms with van der Waals surface area (Å²) >= 11 is 1.39. The molecule has 2 N–H and O–H groups in total. The van der Waals surface area contributed by atoms with Crippen molar-refractivity contribution in [2.24, 2.45) is 5.92 Å². The zero-order valence-electron chi connectivity index (χ0n) is 28.2. The number of aryl methyl sites for hydroxylation is 2. The molecule has 50 heavy (non-hydrogen) atoms. The minimum Gasteiger partial charge on any atom is -0.480 e. The van der Waals surface area contributed by atoms with Crippen LogP contribution in [0, 0.1) is 19.8 Å². The number of hydrogen-bond acceptors (Lipinski definition) is 9. The number of nitrogens with one attached hydrogen (secondary N) is 2. The second-order valence-corrected chi connectivity index (χ2v) is 12.8. The van der Waals surface area contributed by atoms with Crippen LogP contribution >= 0.6 is 11.3 Å². The van der Waals surface area contributed by atoms with Crippen LogP contribution in [0.25, 0.3) is 10.4 Å². The number of hydrogen-bond donors (Lipinski definition) is 2. The average Bonchev–Trinajstić information content (AvgIpc) is 3.43. The Balaban J connectivity index is 1.65. The average molecular weight is 711 g/mol. The molecule has 1 aliphatic rings. The van der Waals surface area contributed by atoms with E-state index < -0.39 is 24.9 Å². The van der Waals surface area contributed by atoms with Gasteiger partial charge in [-0.1, -0.05) is 43.8 Å². The number of fused-ring (bicyclic) bond motifs is 1. The molecule has 3 amide bonds. The molecule has 0 aliphatic carbocycles. The highest BCUT2D eigenvalue weighted by Crippen LogP contribution is 2.49. The second-order valence-electron chi connectivity index (χ2n) is 11.8. The van der Waals surface area contributed by atoms with Crippen LogP contribution in [0.2, 0.25) is 0 Å². The van der Waals surface area contributed by atoms with Gasteiger partial charge in [-0.05, 0) is 78.6 Å². The van der Waals surface area contributed by atoms with Crippen LogP contribution in [0.1, 0.15) is 46.0 Å². The molecule has 1 aliphatic heterocycles. The molecule has 0 saturated heterocycles. The first-order valence-electron chi connectivity index (χ1n) is 15.6. The van der Waals surface area contributed by atoms with Gasteiger partial charge in [0, 0.05) is 16.6 Å². The summed E-state index contributed by atoms with van der Waals surface area (Å²) in [6.07, 6.45) is -4.37. The number of hydroxylamine groups is 1. The number of aromatic nitrogens is 2. The zero-order valence-corrected chi connectivity index (χ0v) is 29.0. The number of carbonyl (C=O) groups excluding carboxylic acids is 2. The fraction of sp³-hybridized carbons (Fsp3) is 0.314. The summed E-state index contributed by atoms with van der Waals surface area (Å²) in [6, 6.07) is 15.7. The molecule has 1 unspecified atom stereocenters. The number of methoxy groups -OCH3 is 1. The van der Waals surface area contributed by atoms with Crippen LogP contribution < -0.4 is 25.3 Å². The predicted molar refractivity (Wildman–Crippen MR) is 185 cm³/mol. The van der Waals surface area contributed by atoms with Gasteiger partial charge in [-0.2, -0.15) is 0 Å². The SMILES string of the molecule is C=C1N(Cc2c(C)cccc2C)c2sc(-c3ccc(NC(=O)NOC)cc3)c(CC(C)CCOC(F)(F)F)c2C(=O)N1c1ccc(OC)nn1. The summed E-state index contributed by atoms with van der Waals surface area (Å²) in [6.45, 7) is 10.1. The fourth-order valence-corrected chi connectivity index (χ4v) is 7.08. The van der Waals surface area contributed by atoms with Gasteiger partial charge in [0.2, 0.25) is 5.88 Å². The van der Waals surface area contributed by atoms with Crippen molar-refractivity contribution in [3.63, 3.8) is 0 Å². The largest absolute Gasteiger partial charge is 0.522 e. The lowest BCUT2D eigenvalue weighted by Crippen LogP contribution is -2.44. The number of amides is 3. The lowest BCUT2D eigenvalue weighted by molar-refractivity contribution is -0.325. The van der Waals surface area contributed by atoms with Gasteiger partial charge in [0.25, 0.3) is 5.91 Å². The maximum absolute atomic E-state index is 14.6. The molecule has 5 rings (SSSR count). The summed E-state index contributed by atoms with van der Waals surface area (Å²) in [5, 5.41) is 11.7. The van der Waals surface area contributed by atoms with Gasteiger partial charge in [0.05, 0.1) is 32.9 Å². The monoisotopic (exact) mass is 710 g/mol. The topological polar surface area (TPSA) is 118 Å². The first kappa shape index (κ1) is 36.3. The number of urea groups is 1. The Morgan fingerprint density at radius 3 is 2.32 bits per heavy atom. The molecule has 2 aromatic carbocycles. The normalized spacial score (nSPS) is 13.7. The Labute approximate surface area is 291 Å². The molecule has 4 aromatic rings. The van der Waals surface area contributed by atoms with E-state index in [0.717, 1.165) is 27.1 Å². The number of benzene rings is 2. The third-order valence-electron chi connectivity index (χ3n) is 8.27. The van der Waals surface area contributed by atoms with E-state index in [-0.39, 0.29) is 30.5 Å². The van der Waals surface area contributed by atoms with Crippen molar-refractivity contribution >= 4 is 39.8 Å². The van der Waals surface area contributed by atoms with Crippen molar-refractivity contribution in [1.29, 1.82) is 0 Å². The van der Waals surface area contributed by atoms with E-state index in [2.05, 4.69) is 37.1 Å². The number of rotatable bonds is 12. The van der Waals surface area contributed by atoms with Crippen LogP contribution in [0.15, 0.2) is 67.0 Å². The standard InChI is InChI=1S/C35H37F3N6O5S/c1-20(16-17-49-35(36,37)38)18-26-30-32(45)44(28-14-15-29(47-5)41-40-28)23(4)43(19-27-21(2)8-7-9-22(27)3)33(30)50-31(26)24-10-12-25(13-11-24)39-34(46)42-48-6/h7-15,20H,4,16-19H2,1-3,5-6H3,(H2,39,42,46). The van der Waals surface area contributed by atoms with E-state index in [4.69, 9.17) is 4.74 Å². The molecule has 0 saturated carbocycles. The Morgan fingerprint density at radius 2 is 1.72 bits per heavy atom. The lowest BCUT2D eigenvalue weighted by atomic mass is 9.92. The molecular weight excluding hydrogens is 673 g/mol. The van der Waals surface area contributed by atoms with Crippen molar-refractivity contribution < 1.29 is 37.1 Å². The third-order valence-corrected chi connectivity index (χ3v) is 9.58. The van der Waals surface area contributed by atoms with E-state index >= 15 is 0 Å². The van der Waals surface area contributed by atoms with Crippen LogP contribution in [0.3, 0.4) is 0 Å². The highest BCUT2D eigenvalue weighted by Gasteiger charge is 2.40. The summed E-state index contributed by atoms with van der Waals surface area (Å²) < 4.78 is 47.7. The van der Waals surface area contributed by atoms with Gasteiger partial charge in [-0.3, -0.25) is 14.4 Å². The summed E-state index contributed by atoms with van der Waals surface area (Å²) in [7, 11) is 2.78. The maximum Gasteiger partial charge on any atom is 0.522 e. The maximum atomic E-state index is 14.6. The smallest absolute Gasteiger partial charge is 0.480 e. The Bertz CT molecular complexity index is 1840. The lowest BCUT2D eigenvalue weighted by Gasteiger charge is -2.38. The number of nitrogens with zero attached hydrogens (tertiary/aromatic N) is 4. The van der Waals surface area contributed by atoms with E-state index in [0.29, 0.717) is 34.2 Å². The number of halogens is 3. The first-order chi connectivity index (χ1) is 23.8. The van der Waals surface area contributed by atoms with Crippen molar-refractivity contribution in [3.05, 3.63) is 94.8 Å². The molecule has 0 spiro atoms. The number of carbonyl (C=O) groups is 2. The van der Waals surface area contributed by atoms with E-state index in [1.807, 2.05) is 56.0 Å². The van der Waals surface area contributed by atoms with Crippen molar-refractivity contribution in [1.82, 2.24) is 15.7 Å². The van der Waals surface area contributed by atoms with Gasteiger partial charge in [0.15, 0.2) is 5.82 Å². The van der Waals surface area contributed by atoms with Gasteiger partial charge < -0.3 is 15.0 Å². The molecule has 3 heterocycles.